The monoisotopic (exact) mass is 334 g/mol. The molecule has 0 aromatic heterocycles. The molecule has 1 saturated carbocycles. The molecule has 0 aromatic carbocycles. The number of carbonyl (C=O) groups excluding carboxylic acids is 2. The second kappa shape index (κ2) is 10.7. The number of hydrogen-bond acceptors (Lipinski definition) is 4. The molecule has 1 atom stereocenters. The molecule has 0 heterocycles. The van der Waals surface area contributed by atoms with Crippen molar-refractivity contribution in [3.8, 4) is 0 Å². The van der Waals surface area contributed by atoms with Crippen molar-refractivity contribution in [2.24, 2.45) is 17.3 Å². The Labute approximate surface area is 163 Å². The van der Waals surface area contributed by atoms with E-state index in [9.17, 15) is 14.7 Å². The summed E-state index contributed by atoms with van der Waals surface area (Å²) in [5.41, 5.74) is -0.523. The second-order valence-electron chi connectivity index (χ2n) is 7.20. The van der Waals surface area contributed by atoms with Gasteiger partial charge in [0.2, 0.25) is 0 Å². The van der Waals surface area contributed by atoms with E-state index in [-0.39, 0.29) is 41.4 Å². The molecule has 0 radical (unpaired) electrons. The summed E-state index contributed by atoms with van der Waals surface area (Å²) in [5.74, 6) is -0.820. The van der Waals surface area contributed by atoms with Gasteiger partial charge in [0, 0.05) is 0 Å². The zero-order valence-corrected chi connectivity index (χ0v) is 17.5. The second-order valence-corrected chi connectivity index (χ2v) is 7.20. The van der Waals surface area contributed by atoms with Crippen molar-refractivity contribution in [3.63, 3.8) is 0 Å². The summed E-state index contributed by atoms with van der Waals surface area (Å²) < 4.78 is 5.40. The van der Waals surface area contributed by atoms with Crippen molar-refractivity contribution < 1.29 is 49.0 Å². The first-order valence-electron chi connectivity index (χ1n) is 8.75. The van der Waals surface area contributed by atoms with Crippen molar-refractivity contribution in [1.82, 2.24) is 0 Å². The molecule has 0 spiro atoms. The summed E-state index contributed by atoms with van der Waals surface area (Å²) in [6.07, 6.45) is 5.52. The summed E-state index contributed by atoms with van der Waals surface area (Å²) in [4.78, 5) is 24.0. The van der Waals surface area contributed by atoms with Crippen LogP contribution in [0.1, 0.15) is 79.1 Å². The number of carboxylic acids is 1. The molecule has 1 unspecified atom stereocenters. The van der Waals surface area contributed by atoms with Crippen molar-refractivity contribution >= 4 is 11.9 Å². The zero-order chi connectivity index (χ0) is 16.8. The molecule has 128 valence electrons. The molecular weight excluding hydrogens is 303 g/mol. The summed E-state index contributed by atoms with van der Waals surface area (Å²) >= 11 is 0. The van der Waals surface area contributed by atoms with Gasteiger partial charge in [-0.3, -0.25) is 4.79 Å². The Bertz CT molecular complexity index is 373. The zero-order valence-electron chi connectivity index (χ0n) is 15.5. The van der Waals surface area contributed by atoms with Crippen molar-refractivity contribution in [2.75, 3.05) is 0 Å². The van der Waals surface area contributed by atoms with Crippen LogP contribution in [-0.4, -0.2) is 18.0 Å². The summed E-state index contributed by atoms with van der Waals surface area (Å²) in [6.45, 7) is 8.31. The van der Waals surface area contributed by atoms with E-state index in [0.717, 1.165) is 44.9 Å². The van der Waals surface area contributed by atoms with Crippen LogP contribution in [0.2, 0.25) is 0 Å². The van der Waals surface area contributed by atoms with Crippen molar-refractivity contribution in [2.45, 2.75) is 85.2 Å². The molecule has 0 saturated heterocycles. The van der Waals surface area contributed by atoms with Gasteiger partial charge in [-0.15, -0.1) is 0 Å². The van der Waals surface area contributed by atoms with Gasteiger partial charge >= 0.3 is 35.5 Å². The molecular formula is C18H31NaO4. The maximum Gasteiger partial charge on any atom is 1.00 e. The standard InChI is InChI=1S/C18H32O4.Na/c1-5-6-7-8-15(16(19)20)22-17(21)18(13(2)3)11-9-14(4)10-12-18;/h13-15H,5-12H2,1-4H3,(H,19,20);/q;+1/p-1. The Morgan fingerprint density at radius 3 is 2.22 bits per heavy atom. The maximum absolute atomic E-state index is 12.7. The number of aliphatic carboxylic acids is 1. The van der Waals surface area contributed by atoms with Gasteiger partial charge in [-0.05, 0) is 50.4 Å². The van der Waals surface area contributed by atoms with Crippen LogP contribution in [0.4, 0.5) is 0 Å². The largest absolute Gasteiger partial charge is 1.00 e. The number of carbonyl (C=O) groups is 2. The average molecular weight is 334 g/mol. The smallest absolute Gasteiger partial charge is 0.546 e. The van der Waals surface area contributed by atoms with E-state index in [0.29, 0.717) is 12.3 Å². The maximum atomic E-state index is 12.7. The van der Waals surface area contributed by atoms with Crippen LogP contribution in [0.5, 0.6) is 0 Å². The molecule has 1 aliphatic carbocycles. The minimum Gasteiger partial charge on any atom is -0.546 e. The average Bonchev–Trinajstić information content (AvgIpc) is 2.46. The topological polar surface area (TPSA) is 66.4 Å². The Hall–Kier alpha value is -0.0600. The molecule has 5 heteroatoms. The van der Waals surface area contributed by atoms with Crippen LogP contribution in [0.3, 0.4) is 0 Å². The predicted octanol–water partition coefficient (Wildman–Crippen LogP) is 0.0849. The SMILES string of the molecule is CCCCCC(OC(=O)C1(C(C)C)CCC(C)CC1)C(=O)[O-].[Na+]. The van der Waals surface area contributed by atoms with Gasteiger partial charge in [0.15, 0.2) is 0 Å². The number of esters is 1. The van der Waals surface area contributed by atoms with Gasteiger partial charge in [0.25, 0.3) is 0 Å². The summed E-state index contributed by atoms with van der Waals surface area (Å²) in [5, 5.41) is 11.2. The molecule has 0 aliphatic heterocycles. The molecule has 1 aliphatic rings. The van der Waals surface area contributed by atoms with Gasteiger partial charge < -0.3 is 14.6 Å². The summed E-state index contributed by atoms with van der Waals surface area (Å²) in [6, 6.07) is 0. The van der Waals surface area contributed by atoms with E-state index in [1.165, 1.54) is 0 Å². The molecule has 0 bridgehead atoms. The predicted molar refractivity (Wildman–Crippen MR) is 83.9 cm³/mol. The third kappa shape index (κ3) is 6.39. The van der Waals surface area contributed by atoms with E-state index in [1.807, 2.05) is 13.8 Å². The molecule has 0 amide bonds. The molecule has 4 nitrogen and oxygen atoms in total. The number of ether oxygens (including phenoxy) is 1. The van der Waals surface area contributed by atoms with Gasteiger partial charge in [-0.2, -0.15) is 0 Å². The van der Waals surface area contributed by atoms with Crippen LogP contribution < -0.4 is 34.7 Å². The number of carboxylic acid groups (broad SMARTS) is 1. The third-order valence-electron chi connectivity index (χ3n) is 5.26. The first-order chi connectivity index (χ1) is 10.3. The fourth-order valence-electron chi connectivity index (χ4n) is 3.35. The fourth-order valence-corrected chi connectivity index (χ4v) is 3.35. The Kier molecular flexibility index (Phi) is 10.7. The van der Waals surface area contributed by atoms with E-state index in [2.05, 4.69) is 13.8 Å². The van der Waals surface area contributed by atoms with Gasteiger partial charge in [-0.25, -0.2) is 0 Å². The number of hydrogen-bond donors (Lipinski definition) is 0. The summed E-state index contributed by atoms with van der Waals surface area (Å²) in [7, 11) is 0. The molecule has 1 fully saturated rings. The first-order valence-corrected chi connectivity index (χ1v) is 8.75. The van der Waals surface area contributed by atoms with Crippen LogP contribution >= 0.6 is 0 Å². The Morgan fingerprint density at radius 2 is 1.78 bits per heavy atom. The van der Waals surface area contributed by atoms with Crippen LogP contribution in [0, 0.1) is 17.3 Å². The van der Waals surface area contributed by atoms with Crippen LogP contribution in [0.15, 0.2) is 0 Å². The Balaban J connectivity index is 0.00000484. The van der Waals surface area contributed by atoms with Crippen molar-refractivity contribution in [3.05, 3.63) is 0 Å². The Morgan fingerprint density at radius 1 is 1.22 bits per heavy atom. The van der Waals surface area contributed by atoms with Crippen LogP contribution in [-0.2, 0) is 14.3 Å². The van der Waals surface area contributed by atoms with E-state index in [4.69, 9.17) is 4.74 Å². The van der Waals surface area contributed by atoms with Gasteiger partial charge in [-0.1, -0.05) is 40.5 Å². The molecule has 0 aromatic rings. The molecule has 1 rings (SSSR count). The van der Waals surface area contributed by atoms with E-state index >= 15 is 0 Å². The van der Waals surface area contributed by atoms with Crippen molar-refractivity contribution in [1.29, 1.82) is 0 Å². The minimum absolute atomic E-state index is 0. The molecule has 0 N–H and O–H groups in total. The number of unbranched alkanes of at least 4 members (excludes halogenated alkanes) is 2. The van der Waals surface area contributed by atoms with Crippen LogP contribution in [0.25, 0.3) is 0 Å². The quantitative estimate of drug-likeness (QED) is 0.358. The third-order valence-corrected chi connectivity index (χ3v) is 5.26. The molecule has 23 heavy (non-hydrogen) atoms. The van der Waals surface area contributed by atoms with Gasteiger partial charge in [0.05, 0.1) is 11.4 Å². The first kappa shape index (κ1) is 22.9. The van der Waals surface area contributed by atoms with Gasteiger partial charge in [0.1, 0.15) is 6.10 Å². The minimum atomic E-state index is -1.27. The fraction of sp³-hybridized carbons (Fsp3) is 0.889. The van der Waals surface area contributed by atoms with E-state index < -0.39 is 17.5 Å². The van der Waals surface area contributed by atoms with E-state index in [1.54, 1.807) is 0 Å². The number of rotatable bonds is 8. The normalized spacial score (nSPS) is 25.5.